The van der Waals surface area contributed by atoms with Gasteiger partial charge in [-0.05, 0) is 27.2 Å². The Kier molecular flexibility index (Phi) is 7.86. The van der Waals surface area contributed by atoms with Crippen LogP contribution in [0.25, 0.3) is 0 Å². The summed E-state index contributed by atoms with van der Waals surface area (Å²) in [5.41, 5.74) is -1.54. The number of aliphatic carboxylic acids is 1. The van der Waals surface area contributed by atoms with Gasteiger partial charge in [0.15, 0.2) is 0 Å². The van der Waals surface area contributed by atoms with Crippen molar-refractivity contribution in [2.75, 3.05) is 6.54 Å². The van der Waals surface area contributed by atoms with Gasteiger partial charge in [0.1, 0.15) is 0 Å². The number of nitrogens with one attached hydrogen (secondary N) is 1. The Bertz CT molecular complexity index is 257. The topological polar surface area (TPSA) is 66.4 Å². The molecule has 0 saturated heterocycles. The number of amides is 1. The minimum atomic E-state index is -0.880. The monoisotopic (exact) mass is 245 g/mol. The number of carbonyl (C=O) groups is 2. The highest BCUT2D eigenvalue weighted by molar-refractivity contribution is 5.83. The van der Waals surface area contributed by atoms with Crippen molar-refractivity contribution in [2.24, 2.45) is 10.8 Å². The summed E-state index contributed by atoms with van der Waals surface area (Å²) in [4.78, 5) is 22.6. The fourth-order valence-corrected chi connectivity index (χ4v) is 1.66. The fraction of sp³-hybridized carbons (Fsp3) is 0.846. The van der Waals surface area contributed by atoms with Crippen LogP contribution in [-0.2, 0) is 9.59 Å². The number of rotatable bonds is 5. The number of hydrogen-bond acceptors (Lipinski definition) is 2. The van der Waals surface area contributed by atoms with Crippen molar-refractivity contribution >= 4 is 11.9 Å². The molecule has 4 nitrogen and oxygen atoms in total. The molecule has 1 amide bonds. The summed E-state index contributed by atoms with van der Waals surface area (Å²) >= 11 is 0. The summed E-state index contributed by atoms with van der Waals surface area (Å²) in [6.45, 7) is 13.2. The van der Waals surface area contributed by atoms with Crippen molar-refractivity contribution in [2.45, 2.75) is 54.9 Å². The van der Waals surface area contributed by atoms with Crippen LogP contribution in [0.3, 0.4) is 0 Å². The number of carbonyl (C=O) groups excluding carboxylic acids is 1. The lowest BCUT2D eigenvalue weighted by Crippen LogP contribution is -2.41. The Labute approximate surface area is 105 Å². The van der Waals surface area contributed by atoms with Crippen LogP contribution in [0.5, 0.6) is 0 Å². The van der Waals surface area contributed by atoms with E-state index in [0.717, 1.165) is 0 Å². The lowest BCUT2D eigenvalue weighted by molar-refractivity contribution is -0.149. The van der Waals surface area contributed by atoms with E-state index in [1.807, 2.05) is 20.8 Å². The minimum Gasteiger partial charge on any atom is -0.481 e. The molecule has 17 heavy (non-hydrogen) atoms. The maximum atomic E-state index is 11.7. The zero-order valence-electron chi connectivity index (χ0n) is 12.2. The zero-order chi connectivity index (χ0) is 14.3. The molecule has 0 bridgehead atoms. The Morgan fingerprint density at radius 2 is 1.47 bits per heavy atom. The number of hydrogen-bond donors (Lipinski definition) is 2. The first-order chi connectivity index (χ1) is 7.63. The zero-order valence-corrected chi connectivity index (χ0v) is 12.2. The standard InChI is InChI=1S/C11H21NO3.C2H6/c1-6-12-8(13)10(2,3)7-11(4,5)9(14)15;1-2/h6-7H2,1-5H3,(H,12,13)(H,14,15);1-2H3. The third kappa shape index (κ3) is 6.29. The van der Waals surface area contributed by atoms with E-state index in [1.54, 1.807) is 27.7 Å². The Balaban J connectivity index is 0. The second-order valence-corrected chi connectivity index (χ2v) is 5.11. The van der Waals surface area contributed by atoms with Gasteiger partial charge < -0.3 is 10.4 Å². The molecule has 0 saturated carbocycles. The summed E-state index contributed by atoms with van der Waals surface area (Å²) < 4.78 is 0. The summed E-state index contributed by atoms with van der Waals surface area (Å²) in [6.07, 6.45) is 0.321. The predicted molar refractivity (Wildman–Crippen MR) is 69.8 cm³/mol. The Morgan fingerprint density at radius 3 is 1.76 bits per heavy atom. The summed E-state index contributed by atoms with van der Waals surface area (Å²) in [5, 5.41) is 11.7. The molecule has 0 radical (unpaired) electrons. The summed E-state index contributed by atoms with van der Waals surface area (Å²) in [5.74, 6) is -0.973. The molecule has 0 rings (SSSR count). The van der Waals surface area contributed by atoms with Gasteiger partial charge in [0.2, 0.25) is 5.91 Å². The molecule has 0 atom stereocenters. The van der Waals surface area contributed by atoms with Gasteiger partial charge in [-0.3, -0.25) is 9.59 Å². The first-order valence-electron chi connectivity index (χ1n) is 6.15. The molecular formula is C13H27NO3. The summed E-state index contributed by atoms with van der Waals surface area (Å²) in [6, 6.07) is 0. The van der Waals surface area contributed by atoms with E-state index in [1.165, 1.54) is 0 Å². The van der Waals surface area contributed by atoms with Gasteiger partial charge in [-0.1, -0.05) is 27.7 Å². The molecule has 0 fully saturated rings. The SMILES string of the molecule is CC.CCNC(=O)C(C)(C)CC(C)(C)C(=O)O. The highest BCUT2D eigenvalue weighted by atomic mass is 16.4. The van der Waals surface area contributed by atoms with Crippen LogP contribution in [0.1, 0.15) is 54.9 Å². The molecule has 0 aromatic rings. The maximum Gasteiger partial charge on any atom is 0.309 e. The van der Waals surface area contributed by atoms with E-state index < -0.39 is 16.8 Å². The van der Waals surface area contributed by atoms with Gasteiger partial charge in [0.05, 0.1) is 5.41 Å². The van der Waals surface area contributed by atoms with Crippen LogP contribution in [0.15, 0.2) is 0 Å². The van der Waals surface area contributed by atoms with Gasteiger partial charge in [-0.2, -0.15) is 0 Å². The van der Waals surface area contributed by atoms with Gasteiger partial charge >= 0.3 is 5.97 Å². The third-order valence-electron chi connectivity index (χ3n) is 2.41. The molecule has 0 heterocycles. The first kappa shape index (κ1) is 18.3. The van der Waals surface area contributed by atoms with Crippen LogP contribution in [-0.4, -0.2) is 23.5 Å². The molecule has 0 aliphatic heterocycles. The van der Waals surface area contributed by atoms with Crippen molar-refractivity contribution < 1.29 is 14.7 Å². The largest absolute Gasteiger partial charge is 0.481 e. The van der Waals surface area contributed by atoms with Crippen LogP contribution in [0.2, 0.25) is 0 Å². The average Bonchev–Trinajstić information content (AvgIpc) is 2.19. The molecule has 0 spiro atoms. The summed E-state index contributed by atoms with van der Waals surface area (Å²) in [7, 11) is 0. The van der Waals surface area contributed by atoms with Gasteiger partial charge in [-0.25, -0.2) is 0 Å². The van der Waals surface area contributed by atoms with Crippen LogP contribution < -0.4 is 5.32 Å². The van der Waals surface area contributed by atoms with Crippen molar-refractivity contribution in [1.29, 1.82) is 0 Å². The number of carboxylic acids is 1. The van der Waals surface area contributed by atoms with E-state index in [2.05, 4.69) is 5.32 Å². The third-order valence-corrected chi connectivity index (χ3v) is 2.41. The van der Waals surface area contributed by atoms with Gasteiger partial charge in [0, 0.05) is 12.0 Å². The minimum absolute atomic E-state index is 0.0978. The molecule has 0 aromatic heterocycles. The normalized spacial score (nSPS) is 11.2. The second-order valence-electron chi connectivity index (χ2n) is 5.11. The van der Waals surface area contributed by atoms with Crippen LogP contribution in [0.4, 0.5) is 0 Å². The number of carboxylic acid groups (broad SMARTS) is 1. The lowest BCUT2D eigenvalue weighted by Gasteiger charge is -2.30. The molecule has 0 aliphatic carbocycles. The van der Waals surface area contributed by atoms with E-state index in [9.17, 15) is 9.59 Å². The lowest BCUT2D eigenvalue weighted by atomic mass is 9.74. The molecular weight excluding hydrogens is 218 g/mol. The van der Waals surface area contributed by atoms with Crippen molar-refractivity contribution in [3.8, 4) is 0 Å². The average molecular weight is 245 g/mol. The second kappa shape index (κ2) is 7.30. The van der Waals surface area contributed by atoms with Gasteiger partial charge in [0.25, 0.3) is 0 Å². The molecule has 4 heteroatoms. The smallest absolute Gasteiger partial charge is 0.309 e. The molecule has 102 valence electrons. The van der Waals surface area contributed by atoms with Crippen molar-refractivity contribution in [3.63, 3.8) is 0 Å². The maximum absolute atomic E-state index is 11.7. The van der Waals surface area contributed by atoms with E-state index in [-0.39, 0.29) is 5.91 Å². The molecule has 0 aromatic carbocycles. The Morgan fingerprint density at radius 1 is 1.06 bits per heavy atom. The molecule has 0 unspecified atom stereocenters. The highest BCUT2D eigenvalue weighted by Gasteiger charge is 2.38. The molecule has 0 aliphatic rings. The van der Waals surface area contributed by atoms with E-state index >= 15 is 0 Å². The van der Waals surface area contributed by atoms with Crippen molar-refractivity contribution in [3.05, 3.63) is 0 Å². The fourth-order valence-electron chi connectivity index (χ4n) is 1.66. The van der Waals surface area contributed by atoms with E-state index in [0.29, 0.717) is 13.0 Å². The predicted octanol–water partition coefficient (Wildman–Crippen LogP) is 2.68. The highest BCUT2D eigenvalue weighted by Crippen LogP contribution is 2.33. The molecule has 2 N–H and O–H groups in total. The van der Waals surface area contributed by atoms with Gasteiger partial charge in [-0.15, -0.1) is 0 Å². The first-order valence-corrected chi connectivity index (χ1v) is 6.15. The van der Waals surface area contributed by atoms with E-state index in [4.69, 9.17) is 5.11 Å². The van der Waals surface area contributed by atoms with Crippen LogP contribution >= 0.6 is 0 Å². The quantitative estimate of drug-likeness (QED) is 0.782. The van der Waals surface area contributed by atoms with Crippen LogP contribution in [0, 0.1) is 10.8 Å². The Hall–Kier alpha value is -1.06. The van der Waals surface area contributed by atoms with Crippen molar-refractivity contribution in [1.82, 2.24) is 5.32 Å².